The monoisotopic (exact) mass is 476 g/mol. The molecule has 2 aromatic heterocycles. The maximum Gasteiger partial charge on any atom is 0.433 e. The fraction of sp³-hybridized carbons (Fsp3) is 0.304. The highest BCUT2D eigenvalue weighted by atomic mass is 32.2. The second kappa shape index (κ2) is 8.66. The molecule has 1 aliphatic heterocycles. The highest BCUT2D eigenvalue weighted by Gasteiger charge is 2.36. The molecule has 0 saturated heterocycles. The third-order valence-corrected chi connectivity index (χ3v) is 7.17. The van der Waals surface area contributed by atoms with Gasteiger partial charge < -0.3 is 5.32 Å². The average Bonchev–Trinajstić information content (AvgIpc) is 2.93. The third kappa shape index (κ3) is 4.66. The van der Waals surface area contributed by atoms with Crippen molar-refractivity contribution in [2.45, 2.75) is 50.7 Å². The number of nitrogens with zero attached hydrogens (tertiary/aromatic N) is 3. The van der Waals surface area contributed by atoms with E-state index in [0.717, 1.165) is 35.2 Å². The number of sulfonamides is 1. The summed E-state index contributed by atoms with van der Waals surface area (Å²) in [5.41, 5.74) is 1.11. The Balaban J connectivity index is 1.80. The van der Waals surface area contributed by atoms with Gasteiger partial charge in [-0.15, -0.1) is 0 Å². The molecule has 174 valence electrons. The summed E-state index contributed by atoms with van der Waals surface area (Å²) >= 11 is 0. The number of hydrogen-bond acceptors (Lipinski definition) is 5. The van der Waals surface area contributed by atoms with Crippen LogP contribution in [0.1, 0.15) is 42.3 Å². The number of aromatic nitrogens is 2. The smallest absolute Gasteiger partial charge is 0.337 e. The van der Waals surface area contributed by atoms with Gasteiger partial charge in [-0.3, -0.25) is 0 Å². The summed E-state index contributed by atoms with van der Waals surface area (Å²) < 4.78 is 68.0. The Morgan fingerprint density at radius 1 is 1.03 bits per heavy atom. The molecular weight excluding hydrogens is 453 g/mol. The molecule has 0 aliphatic carbocycles. The van der Waals surface area contributed by atoms with Gasteiger partial charge in [-0.25, -0.2) is 22.7 Å². The Hall–Kier alpha value is -3.14. The van der Waals surface area contributed by atoms with Gasteiger partial charge in [-0.05, 0) is 55.7 Å². The predicted octanol–water partition coefficient (Wildman–Crippen LogP) is 5.60. The summed E-state index contributed by atoms with van der Waals surface area (Å²) in [7, 11) is -4.05. The lowest BCUT2D eigenvalue weighted by molar-refractivity contribution is -0.141. The molecule has 0 unspecified atom stereocenters. The molecule has 0 fully saturated rings. The molecule has 0 atom stereocenters. The molecule has 1 aromatic carbocycles. The standard InChI is InChI=1S/C23H23F3N4O2S/c1-3-4-5-16-7-10-18(11-8-16)33(31,32)30-14-17-9-13-20(23(24,25)26)29-21(17)28-19-12-6-15(2)27-22(19)30/h6-13H,3-5,14H2,1-2H3,(H,28,29). The molecule has 3 aromatic rings. The molecule has 1 aliphatic rings. The molecule has 33 heavy (non-hydrogen) atoms. The fourth-order valence-corrected chi connectivity index (χ4v) is 5.01. The highest BCUT2D eigenvalue weighted by molar-refractivity contribution is 7.92. The first-order chi connectivity index (χ1) is 15.6. The Morgan fingerprint density at radius 3 is 2.42 bits per heavy atom. The Bertz CT molecular complexity index is 1280. The van der Waals surface area contributed by atoms with Crippen molar-refractivity contribution in [2.75, 3.05) is 9.62 Å². The minimum atomic E-state index is -4.62. The summed E-state index contributed by atoms with van der Waals surface area (Å²) in [6, 6.07) is 12.0. The summed E-state index contributed by atoms with van der Waals surface area (Å²) in [6.45, 7) is 3.59. The van der Waals surface area contributed by atoms with Crippen molar-refractivity contribution in [3.63, 3.8) is 0 Å². The topological polar surface area (TPSA) is 75.2 Å². The number of nitrogens with one attached hydrogen (secondary N) is 1. The van der Waals surface area contributed by atoms with Crippen LogP contribution in [0, 0.1) is 6.92 Å². The lowest BCUT2D eigenvalue weighted by Gasteiger charge is -2.23. The lowest BCUT2D eigenvalue weighted by atomic mass is 10.1. The van der Waals surface area contributed by atoms with Gasteiger partial charge in [0.25, 0.3) is 10.0 Å². The number of hydrogen-bond donors (Lipinski definition) is 1. The molecule has 6 nitrogen and oxygen atoms in total. The van der Waals surface area contributed by atoms with Crippen molar-refractivity contribution in [2.24, 2.45) is 0 Å². The van der Waals surface area contributed by atoms with Gasteiger partial charge in [0.05, 0.1) is 17.1 Å². The molecule has 3 heterocycles. The van der Waals surface area contributed by atoms with Gasteiger partial charge >= 0.3 is 6.18 Å². The van der Waals surface area contributed by atoms with Crippen LogP contribution in [0.25, 0.3) is 0 Å². The SMILES string of the molecule is CCCCc1ccc(S(=O)(=O)N2Cc3ccc(C(F)(F)F)nc3Nc3ccc(C)nc32)cc1. The minimum absolute atomic E-state index is 0.0515. The number of benzene rings is 1. The third-order valence-electron chi connectivity index (χ3n) is 5.42. The van der Waals surface area contributed by atoms with Crippen LogP contribution in [0.5, 0.6) is 0 Å². The van der Waals surface area contributed by atoms with Gasteiger partial charge in [0.15, 0.2) is 5.82 Å². The van der Waals surface area contributed by atoms with E-state index in [1.54, 1.807) is 43.3 Å². The number of rotatable bonds is 5. The van der Waals surface area contributed by atoms with Crippen molar-refractivity contribution in [1.29, 1.82) is 0 Å². The summed E-state index contributed by atoms with van der Waals surface area (Å²) in [6.07, 6.45) is -1.73. The first kappa shape index (κ1) is 23.0. The van der Waals surface area contributed by atoms with Crippen LogP contribution in [-0.2, 0) is 29.2 Å². The normalized spacial score (nSPS) is 13.7. The predicted molar refractivity (Wildman–Crippen MR) is 120 cm³/mol. The molecular formula is C23H23F3N4O2S. The van der Waals surface area contributed by atoms with E-state index in [0.29, 0.717) is 11.3 Å². The van der Waals surface area contributed by atoms with Crippen LogP contribution in [0.15, 0.2) is 53.4 Å². The van der Waals surface area contributed by atoms with Crippen LogP contribution >= 0.6 is 0 Å². The number of alkyl halides is 3. The van der Waals surface area contributed by atoms with Crippen molar-refractivity contribution in [1.82, 2.24) is 9.97 Å². The van der Waals surface area contributed by atoms with Gasteiger partial charge in [0, 0.05) is 11.3 Å². The van der Waals surface area contributed by atoms with Crippen molar-refractivity contribution >= 4 is 27.3 Å². The molecule has 10 heteroatoms. The molecule has 0 radical (unpaired) electrons. The van der Waals surface area contributed by atoms with E-state index >= 15 is 0 Å². The number of aryl methyl sites for hydroxylation is 2. The second-order valence-electron chi connectivity index (χ2n) is 7.91. The molecule has 0 spiro atoms. The molecule has 0 bridgehead atoms. The fourth-order valence-electron chi connectivity index (χ4n) is 3.60. The van der Waals surface area contributed by atoms with E-state index in [-0.39, 0.29) is 28.8 Å². The van der Waals surface area contributed by atoms with Crippen LogP contribution < -0.4 is 9.62 Å². The largest absolute Gasteiger partial charge is 0.433 e. The number of halogens is 3. The van der Waals surface area contributed by atoms with Crippen molar-refractivity contribution in [3.05, 3.63) is 71.0 Å². The zero-order chi connectivity index (χ0) is 23.8. The maximum atomic E-state index is 13.6. The van der Waals surface area contributed by atoms with Gasteiger partial charge in [-0.1, -0.05) is 31.5 Å². The highest BCUT2D eigenvalue weighted by Crippen LogP contribution is 2.38. The van der Waals surface area contributed by atoms with Crippen molar-refractivity contribution < 1.29 is 21.6 Å². The van der Waals surface area contributed by atoms with Gasteiger partial charge in [-0.2, -0.15) is 13.2 Å². The van der Waals surface area contributed by atoms with Gasteiger partial charge in [0.2, 0.25) is 0 Å². The Morgan fingerprint density at radius 2 is 1.76 bits per heavy atom. The molecule has 4 rings (SSSR count). The second-order valence-corrected chi connectivity index (χ2v) is 9.77. The van der Waals surface area contributed by atoms with Crippen LogP contribution in [0.3, 0.4) is 0 Å². The number of fused-ring (bicyclic) bond motifs is 2. The summed E-state index contributed by atoms with van der Waals surface area (Å²) in [5.74, 6) is 0.0564. The summed E-state index contributed by atoms with van der Waals surface area (Å²) in [4.78, 5) is 8.19. The van der Waals surface area contributed by atoms with E-state index in [1.807, 2.05) is 0 Å². The molecule has 0 amide bonds. The average molecular weight is 477 g/mol. The number of anilines is 3. The van der Waals surface area contributed by atoms with E-state index in [2.05, 4.69) is 22.2 Å². The first-order valence-electron chi connectivity index (χ1n) is 10.5. The van der Waals surface area contributed by atoms with Gasteiger partial charge in [0.1, 0.15) is 11.5 Å². The lowest BCUT2D eigenvalue weighted by Crippen LogP contribution is -2.31. The van der Waals surface area contributed by atoms with E-state index in [9.17, 15) is 21.6 Å². The summed E-state index contributed by atoms with van der Waals surface area (Å²) in [5, 5.41) is 2.85. The van der Waals surface area contributed by atoms with E-state index < -0.39 is 21.9 Å². The van der Waals surface area contributed by atoms with E-state index in [1.165, 1.54) is 6.07 Å². The number of unbranched alkanes of at least 4 members (excludes halogenated alkanes) is 1. The molecule has 0 saturated carbocycles. The Kier molecular flexibility index (Phi) is 6.04. The van der Waals surface area contributed by atoms with Crippen LogP contribution in [-0.4, -0.2) is 18.4 Å². The molecule has 1 N–H and O–H groups in total. The quantitative estimate of drug-likeness (QED) is 0.519. The zero-order valence-corrected chi connectivity index (χ0v) is 19.0. The first-order valence-corrected chi connectivity index (χ1v) is 12.0. The van der Waals surface area contributed by atoms with Crippen LogP contribution in [0.4, 0.5) is 30.5 Å². The van der Waals surface area contributed by atoms with Crippen LogP contribution in [0.2, 0.25) is 0 Å². The maximum absolute atomic E-state index is 13.6. The minimum Gasteiger partial charge on any atom is -0.337 e. The van der Waals surface area contributed by atoms with E-state index in [4.69, 9.17) is 0 Å². The number of pyridine rings is 2. The Labute approximate surface area is 190 Å². The van der Waals surface area contributed by atoms with Crippen molar-refractivity contribution in [3.8, 4) is 0 Å². The zero-order valence-electron chi connectivity index (χ0n) is 18.1.